The van der Waals surface area contributed by atoms with Gasteiger partial charge in [0.15, 0.2) is 0 Å². The lowest BCUT2D eigenvalue weighted by atomic mass is 10.5. The summed E-state index contributed by atoms with van der Waals surface area (Å²) < 4.78 is 41.3. The van der Waals surface area contributed by atoms with Crippen molar-refractivity contribution in [2.24, 2.45) is 0 Å². The van der Waals surface area contributed by atoms with Gasteiger partial charge in [-0.15, -0.1) is 0 Å². The van der Waals surface area contributed by atoms with E-state index in [0.29, 0.717) is 31.7 Å². The second kappa shape index (κ2) is 9.59. The first-order valence-electron chi connectivity index (χ1n) is 7.53. The Hall–Kier alpha value is -0.510. The van der Waals surface area contributed by atoms with Gasteiger partial charge in [-0.05, 0) is 39.3 Å². The van der Waals surface area contributed by atoms with Gasteiger partial charge in [0, 0.05) is 12.4 Å². The number of pyridine rings is 1. The molecule has 0 aromatic carbocycles. The van der Waals surface area contributed by atoms with E-state index in [1.165, 1.54) is 0 Å². The molecule has 1 heterocycles. The van der Waals surface area contributed by atoms with Crippen molar-refractivity contribution < 1.29 is 22.7 Å². The summed E-state index contributed by atoms with van der Waals surface area (Å²) in [7, 11) is -6.15. The van der Waals surface area contributed by atoms with Gasteiger partial charge in [-0.25, -0.2) is 0 Å². The Labute approximate surface area is 132 Å². The summed E-state index contributed by atoms with van der Waals surface area (Å²) in [6, 6.07) is 5.23. The third-order valence-corrected chi connectivity index (χ3v) is 7.58. The van der Waals surface area contributed by atoms with Crippen molar-refractivity contribution in [1.82, 2.24) is 4.98 Å². The Balaban J connectivity index is 2.73. The Morgan fingerprint density at radius 1 is 0.955 bits per heavy atom. The Bertz CT molecular complexity index is 513. The number of aromatic nitrogens is 1. The topological polar surface area (TPSA) is 74.7 Å². The lowest BCUT2D eigenvalue weighted by Crippen LogP contribution is -2.15. The van der Waals surface area contributed by atoms with Crippen molar-refractivity contribution in [2.45, 2.75) is 27.2 Å². The minimum absolute atomic E-state index is 0.221. The molecule has 1 aromatic rings. The van der Waals surface area contributed by atoms with E-state index in [0.717, 1.165) is 0 Å². The molecule has 0 aliphatic heterocycles. The molecule has 8 heteroatoms. The molecule has 0 aliphatic rings. The molecule has 0 radical (unpaired) electrons. The van der Waals surface area contributed by atoms with Crippen molar-refractivity contribution in [3.63, 3.8) is 0 Å². The monoisotopic (exact) mass is 349 g/mol. The zero-order chi connectivity index (χ0) is 16.5. The van der Waals surface area contributed by atoms with Crippen LogP contribution >= 0.6 is 15.0 Å². The molecular formula is C14H25NO5P2. The summed E-state index contributed by atoms with van der Waals surface area (Å²) in [5.74, 6) is 0. The quantitative estimate of drug-likeness (QED) is 0.567. The van der Waals surface area contributed by atoms with Gasteiger partial charge >= 0.3 is 7.60 Å². The first-order valence-corrected chi connectivity index (χ1v) is 11.1. The average molecular weight is 349 g/mol. The summed E-state index contributed by atoms with van der Waals surface area (Å²) in [6.07, 6.45) is 2.50. The Morgan fingerprint density at radius 2 is 1.59 bits per heavy atom. The molecule has 0 bridgehead atoms. The minimum atomic E-state index is -3.11. The maximum absolute atomic E-state index is 13.0. The van der Waals surface area contributed by atoms with E-state index < -0.39 is 15.0 Å². The van der Waals surface area contributed by atoms with Crippen LogP contribution in [0.3, 0.4) is 0 Å². The maximum Gasteiger partial charge on any atom is 0.330 e. The van der Waals surface area contributed by atoms with Crippen molar-refractivity contribution in [3.8, 4) is 0 Å². The fourth-order valence-electron chi connectivity index (χ4n) is 2.04. The van der Waals surface area contributed by atoms with Crippen LogP contribution in [0.2, 0.25) is 0 Å². The third kappa shape index (κ3) is 5.94. The SMILES string of the molecule is CCOP(=O)(CCCP(=O)(OCC)c1ccccn1)OCC. The maximum atomic E-state index is 13.0. The van der Waals surface area contributed by atoms with Crippen LogP contribution in [-0.2, 0) is 22.7 Å². The van der Waals surface area contributed by atoms with Gasteiger partial charge in [-0.2, -0.15) is 0 Å². The fourth-order valence-corrected chi connectivity index (χ4v) is 5.99. The van der Waals surface area contributed by atoms with Gasteiger partial charge in [0.05, 0.1) is 26.0 Å². The van der Waals surface area contributed by atoms with E-state index >= 15 is 0 Å². The summed E-state index contributed by atoms with van der Waals surface area (Å²) >= 11 is 0. The zero-order valence-electron chi connectivity index (χ0n) is 13.4. The first kappa shape index (κ1) is 19.5. The lowest BCUT2D eigenvalue weighted by Gasteiger charge is -2.20. The fraction of sp³-hybridized carbons (Fsp3) is 0.643. The second-order valence-corrected chi connectivity index (χ2v) is 9.22. The summed E-state index contributed by atoms with van der Waals surface area (Å²) in [5.41, 5.74) is 0.444. The molecule has 0 saturated heterocycles. The van der Waals surface area contributed by atoms with Crippen LogP contribution in [0.15, 0.2) is 24.4 Å². The van der Waals surface area contributed by atoms with E-state index in [9.17, 15) is 9.13 Å². The summed E-state index contributed by atoms with van der Waals surface area (Å²) in [4.78, 5) is 4.14. The van der Waals surface area contributed by atoms with E-state index in [2.05, 4.69) is 4.98 Å². The molecule has 126 valence electrons. The Kier molecular flexibility index (Phi) is 8.52. The number of hydrogen-bond acceptors (Lipinski definition) is 6. The molecule has 0 amide bonds. The van der Waals surface area contributed by atoms with Crippen LogP contribution in [0.4, 0.5) is 0 Å². The smallest absolute Gasteiger partial charge is 0.325 e. The summed E-state index contributed by atoms with van der Waals surface area (Å²) in [5, 5.41) is 0. The molecule has 0 N–H and O–H groups in total. The second-order valence-electron chi connectivity index (χ2n) is 4.53. The van der Waals surface area contributed by atoms with E-state index in [1.807, 2.05) is 0 Å². The molecule has 6 nitrogen and oxygen atoms in total. The van der Waals surface area contributed by atoms with Gasteiger partial charge in [-0.3, -0.25) is 14.1 Å². The third-order valence-electron chi connectivity index (χ3n) is 2.87. The van der Waals surface area contributed by atoms with Gasteiger partial charge in [0.1, 0.15) is 5.44 Å². The first-order chi connectivity index (χ1) is 10.5. The number of rotatable bonds is 11. The summed E-state index contributed by atoms with van der Waals surface area (Å²) in [6.45, 7) is 6.31. The van der Waals surface area contributed by atoms with E-state index in [4.69, 9.17) is 13.6 Å². The van der Waals surface area contributed by atoms with E-state index in [-0.39, 0.29) is 12.3 Å². The molecule has 1 atom stereocenters. The van der Waals surface area contributed by atoms with Crippen LogP contribution < -0.4 is 5.44 Å². The molecule has 0 saturated carbocycles. The Morgan fingerprint density at radius 3 is 2.09 bits per heavy atom. The molecule has 1 aromatic heterocycles. The highest BCUT2D eigenvalue weighted by molar-refractivity contribution is 7.66. The normalized spacial score (nSPS) is 14.7. The van der Waals surface area contributed by atoms with Gasteiger partial charge < -0.3 is 13.6 Å². The van der Waals surface area contributed by atoms with E-state index in [1.54, 1.807) is 45.2 Å². The molecule has 0 spiro atoms. The van der Waals surface area contributed by atoms with Crippen LogP contribution in [0.1, 0.15) is 27.2 Å². The highest BCUT2D eigenvalue weighted by Gasteiger charge is 2.30. The molecule has 0 fully saturated rings. The largest absolute Gasteiger partial charge is 0.330 e. The average Bonchev–Trinajstić information content (AvgIpc) is 2.49. The number of nitrogens with zero attached hydrogens (tertiary/aromatic N) is 1. The van der Waals surface area contributed by atoms with Crippen LogP contribution in [0, 0.1) is 0 Å². The standard InChI is InChI=1S/C14H25NO5P2/c1-4-18-21(16,14-10-7-8-11-15-14)12-9-13-22(17,19-5-2)20-6-3/h7-8,10-11H,4-6,9,12-13H2,1-3H3. The minimum Gasteiger partial charge on any atom is -0.325 e. The molecule has 1 rings (SSSR count). The molecular weight excluding hydrogens is 324 g/mol. The van der Waals surface area contributed by atoms with Crippen molar-refractivity contribution in [1.29, 1.82) is 0 Å². The van der Waals surface area contributed by atoms with Gasteiger partial charge in [0.2, 0.25) is 7.37 Å². The van der Waals surface area contributed by atoms with Crippen molar-refractivity contribution in [2.75, 3.05) is 32.1 Å². The molecule has 0 aliphatic carbocycles. The van der Waals surface area contributed by atoms with Crippen LogP contribution in [0.5, 0.6) is 0 Å². The molecule has 1 unspecified atom stereocenters. The highest BCUT2D eigenvalue weighted by atomic mass is 31.2. The van der Waals surface area contributed by atoms with Gasteiger partial charge in [0.25, 0.3) is 0 Å². The van der Waals surface area contributed by atoms with Crippen LogP contribution in [-0.4, -0.2) is 37.1 Å². The predicted octanol–water partition coefficient (Wildman–Crippen LogP) is 3.68. The highest BCUT2D eigenvalue weighted by Crippen LogP contribution is 2.51. The lowest BCUT2D eigenvalue weighted by molar-refractivity contribution is 0.220. The van der Waals surface area contributed by atoms with Crippen molar-refractivity contribution >= 4 is 20.4 Å². The van der Waals surface area contributed by atoms with Crippen molar-refractivity contribution in [3.05, 3.63) is 24.4 Å². The molecule has 22 heavy (non-hydrogen) atoms. The van der Waals surface area contributed by atoms with Crippen LogP contribution in [0.25, 0.3) is 0 Å². The van der Waals surface area contributed by atoms with Gasteiger partial charge in [-0.1, -0.05) is 6.07 Å². The zero-order valence-corrected chi connectivity index (χ0v) is 15.2. The predicted molar refractivity (Wildman–Crippen MR) is 88.3 cm³/mol. The number of hydrogen-bond donors (Lipinski definition) is 0.